The summed E-state index contributed by atoms with van der Waals surface area (Å²) in [4.78, 5) is 4.19. The molecule has 21 heavy (non-hydrogen) atoms. The molecule has 0 saturated carbocycles. The van der Waals surface area contributed by atoms with Crippen LogP contribution in [0.5, 0.6) is 5.75 Å². The lowest BCUT2D eigenvalue weighted by atomic mass is 10.0. The number of anilines is 1. The molecule has 0 aliphatic carbocycles. The first-order valence-corrected chi connectivity index (χ1v) is 6.51. The lowest BCUT2D eigenvalue weighted by Gasteiger charge is -2.08. The van der Waals surface area contributed by atoms with Crippen molar-refractivity contribution in [3.63, 3.8) is 0 Å². The van der Waals surface area contributed by atoms with Crippen molar-refractivity contribution in [3.05, 3.63) is 48.3 Å². The minimum absolute atomic E-state index is 0.330. The van der Waals surface area contributed by atoms with Crippen LogP contribution >= 0.6 is 0 Å². The molecule has 0 aliphatic heterocycles. The van der Waals surface area contributed by atoms with Gasteiger partial charge in [0.15, 0.2) is 11.6 Å². The van der Waals surface area contributed by atoms with Crippen LogP contribution in [0.2, 0.25) is 0 Å². The van der Waals surface area contributed by atoms with E-state index in [4.69, 9.17) is 15.0 Å². The Morgan fingerprint density at radius 2 is 2.00 bits per heavy atom. The molecule has 0 radical (unpaired) electrons. The molecule has 0 amide bonds. The summed E-state index contributed by atoms with van der Waals surface area (Å²) in [6, 6.07) is 9.60. The van der Waals surface area contributed by atoms with Gasteiger partial charge in [0, 0.05) is 23.5 Å². The normalized spacial score (nSPS) is 10.6. The van der Waals surface area contributed by atoms with Gasteiger partial charge >= 0.3 is 0 Å². The maximum atomic E-state index is 5.99. The molecule has 0 spiro atoms. The number of para-hydroxylation sites is 1. The summed E-state index contributed by atoms with van der Waals surface area (Å²) < 4.78 is 10.8. The van der Waals surface area contributed by atoms with Gasteiger partial charge in [0.1, 0.15) is 5.75 Å². The molecule has 0 saturated heterocycles. The lowest BCUT2D eigenvalue weighted by Crippen LogP contribution is -1.92. The van der Waals surface area contributed by atoms with Crippen molar-refractivity contribution in [2.45, 2.75) is 6.92 Å². The molecule has 0 fully saturated rings. The maximum absolute atomic E-state index is 5.99. The number of rotatable bonds is 3. The van der Waals surface area contributed by atoms with Gasteiger partial charge in [-0.1, -0.05) is 23.4 Å². The smallest absolute Gasteiger partial charge is 0.178 e. The zero-order valence-corrected chi connectivity index (χ0v) is 11.8. The molecule has 3 rings (SSSR count). The number of pyridine rings is 1. The molecule has 0 bridgehead atoms. The fraction of sp³-hybridized carbons (Fsp3) is 0.125. The Balaban J connectivity index is 2.22. The highest BCUT2D eigenvalue weighted by atomic mass is 16.5. The maximum Gasteiger partial charge on any atom is 0.178 e. The van der Waals surface area contributed by atoms with E-state index in [0.717, 1.165) is 22.3 Å². The molecule has 2 heterocycles. The van der Waals surface area contributed by atoms with Crippen LogP contribution in [0, 0.1) is 6.92 Å². The average molecular weight is 281 g/mol. The zero-order chi connectivity index (χ0) is 14.8. The Labute approximate surface area is 122 Å². The SMILES string of the molecule is COc1ccccc1-c1c(N)noc1-c1cncc(C)c1. The standard InChI is InChI=1S/C16H15N3O2/c1-10-7-11(9-18-8-10)15-14(16(17)19-21-15)12-5-3-4-6-13(12)20-2/h3-9H,1-2H3,(H2,17,19). The van der Waals surface area contributed by atoms with E-state index < -0.39 is 0 Å². The van der Waals surface area contributed by atoms with Crippen LogP contribution in [-0.4, -0.2) is 17.3 Å². The van der Waals surface area contributed by atoms with E-state index in [-0.39, 0.29) is 0 Å². The van der Waals surface area contributed by atoms with E-state index in [1.54, 1.807) is 19.5 Å². The summed E-state index contributed by atoms with van der Waals surface area (Å²) in [5.41, 5.74) is 9.43. The summed E-state index contributed by atoms with van der Waals surface area (Å²) in [5, 5.41) is 3.89. The van der Waals surface area contributed by atoms with E-state index >= 15 is 0 Å². The summed E-state index contributed by atoms with van der Waals surface area (Å²) in [6.07, 6.45) is 3.51. The van der Waals surface area contributed by atoms with Crippen molar-refractivity contribution in [2.24, 2.45) is 0 Å². The van der Waals surface area contributed by atoms with Crippen LogP contribution in [-0.2, 0) is 0 Å². The van der Waals surface area contributed by atoms with Crippen LogP contribution in [0.25, 0.3) is 22.5 Å². The van der Waals surface area contributed by atoms with Crippen LogP contribution in [0.3, 0.4) is 0 Å². The van der Waals surface area contributed by atoms with Gasteiger partial charge in [-0.3, -0.25) is 4.98 Å². The molecule has 1 aromatic carbocycles. The van der Waals surface area contributed by atoms with E-state index in [1.165, 1.54) is 0 Å². The number of nitrogen functional groups attached to an aromatic ring is 1. The van der Waals surface area contributed by atoms with E-state index in [9.17, 15) is 0 Å². The van der Waals surface area contributed by atoms with Crippen molar-refractivity contribution >= 4 is 5.82 Å². The second-order valence-corrected chi connectivity index (χ2v) is 4.72. The second-order valence-electron chi connectivity index (χ2n) is 4.72. The Bertz CT molecular complexity index is 781. The third-order valence-corrected chi connectivity index (χ3v) is 3.23. The first-order chi connectivity index (χ1) is 10.2. The van der Waals surface area contributed by atoms with Crippen LogP contribution in [0.4, 0.5) is 5.82 Å². The molecule has 0 atom stereocenters. The van der Waals surface area contributed by atoms with Gasteiger partial charge in [-0.05, 0) is 24.6 Å². The van der Waals surface area contributed by atoms with Crippen molar-refractivity contribution in [3.8, 4) is 28.2 Å². The number of benzene rings is 1. The molecule has 0 aliphatic rings. The topological polar surface area (TPSA) is 74.2 Å². The average Bonchev–Trinajstić information content (AvgIpc) is 2.89. The number of ether oxygens (including phenoxy) is 1. The molecular weight excluding hydrogens is 266 g/mol. The minimum atomic E-state index is 0.330. The predicted molar refractivity (Wildman–Crippen MR) is 80.9 cm³/mol. The van der Waals surface area contributed by atoms with Gasteiger partial charge in [0.2, 0.25) is 0 Å². The van der Waals surface area contributed by atoms with Gasteiger partial charge < -0.3 is 15.0 Å². The monoisotopic (exact) mass is 281 g/mol. The number of nitrogens with zero attached hydrogens (tertiary/aromatic N) is 2. The van der Waals surface area contributed by atoms with Crippen molar-refractivity contribution in [2.75, 3.05) is 12.8 Å². The first kappa shape index (κ1) is 13.2. The third kappa shape index (κ3) is 2.33. The van der Waals surface area contributed by atoms with Crippen molar-refractivity contribution in [1.29, 1.82) is 0 Å². The Morgan fingerprint density at radius 3 is 2.76 bits per heavy atom. The minimum Gasteiger partial charge on any atom is -0.496 e. The number of aromatic nitrogens is 2. The highest BCUT2D eigenvalue weighted by Crippen LogP contribution is 2.40. The highest BCUT2D eigenvalue weighted by Gasteiger charge is 2.20. The molecule has 3 aromatic rings. The van der Waals surface area contributed by atoms with E-state index in [1.807, 2.05) is 37.3 Å². The van der Waals surface area contributed by atoms with Crippen LogP contribution < -0.4 is 10.5 Å². The fourth-order valence-corrected chi connectivity index (χ4v) is 2.29. The molecule has 106 valence electrons. The number of methoxy groups -OCH3 is 1. The molecule has 0 unspecified atom stereocenters. The van der Waals surface area contributed by atoms with Crippen molar-refractivity contribution in [1.82, 2.24) is 10.1 Å². The first-order valence-electron chi connectivity index (χ1n) is 6.51. The van der Waals surface area contributed by atoms with Gasteiger partial charge in [-0.2, -0.15) is 0 Å². The lowest BCUT2D eigenvalue weighted by molar-refractivity contribution is 0.416. The largest absolute Gasteiger partial charge is 0.496 e. The second kappa shape index (κ2) is 5.28. The Morgan fingerprint density at radius 1 is 1.19 bits per heavy atom. The predicted octanol–water partition coefficient (Wildman–Crippen LogP) is 3.30. The van der Waals surface area contributed by atoms with Gasteiger partial charge in [-0.15, -0.1) is 0 Å². The number of nitrogens with two attached hydrogens (primary N) is 1. The summed E-state index contributed by atoms with van der Waals surface area (Å²) >= 11 is 0. The summed E-state index contributed by atoms with van der Waals surface area (Å²) in [5.74, 6) is 1.64. The molecular formula is C16H15N3O2. The van der Waals surface area contributed by atoms with Gasteiger partial charge in [0.25, 0.3) is 0 Å². The number of hydrogen-bond acceptors (Lipinski definition) is 5. The van der Waals surface area contributed by atoms with Gasteiger partial charge in [0.05, 0.1) is 12.7 Å². The zero-order valence-electron chi connectivity index (χ0n) is 11.8. The van der Waals surface area contributed by atoms with Crippen molar-refractivity contribution < 1.29 is 9.26 Å². The van der Waals surface area contributed by atoms with E-state index in [0.29, 0.717) is 17.3 Å². The van der Waals surface area contributed by atoms with Crippen LogP contribution in [0.15, 0.2) is 47.2 Å². The Kier molecular flexibility index (Phi) is 3.31. The van der Waals surface area contributed by atoms with E-state index in [2.05, 4.69) is 10.1 Å². The third-order valence-electron chi connectivity index (χ3n) is 3.23. The summed E-state index contributed by atoms with van der Waals surface area (Å²) in [7, 11) is 1.62. The molecule has 5 nitrogen and oxygen atoms in total. The fourth-order valence-electron chi connectivity index (χ4n) is 2.29. The van der Waals surface area contributed by atoms with Gasteiger partial charge in [-0.25, -0.2) is 0 Å². The molecule has 2 N–H and O–H groups in total. The van der Waals surface area contributed by atoms with Crippen LogP contribution in [0.1, 0.15) is 5.56 Å². The highest BCUT2D eigenvalue weighted by molar-refractivity contribution is 5.89. The number of aryl methyl sites for hydroxylation is 1. The number of hydrogen-bond donors (Lipinski definition) is 1. The summed E-state index contributed by atoms with van der Waals surface area (Å²) in [6.45, 7) is 1.97. The molecule has 5 heteroatoms. The quantitative estimate of drug-likeness (QED) is 0.797. The Hall–Kier alpha value is -2.82. The molecule has 2 aromatic heterocycles.